The molecule has 2 aromatic heterocycles. The Hall–Kier alpha value is -3.04. The number of hydrogen-bond donors (Lipinski definition) is 1. The monoisotopic (exact) mass is 500 g/mol. The van der Waals surface area contributed by atoms with Gasteiger partial charge in [0.2, 0.25) is 0 Å². The van der Waals surface area contributed by atoms with Gasteiger partial charge < -0.3 is 9.99 Å². The van der Waals surface area contributed by atoms with Crippen LogP contribution in [-0.2, 0) is 14.6 Å². The molecule has 1 fully saturated rings. The quantitative estimate of drug-likeness (QED) is 0.438. The molecular formula is C24H25ClN4O4S. The van der Waals surface area contributed by atoms with Crippen molar-refractivity contribution in [2.75, 3.05) is 23.9 Å². The van der Waals surface area contributed by atoms with E-state index in [1.807, 2.05) is 11.9 Å². The first kappa shape index (κ1) is 22.7. The number of aromatic nitrogens is 3. The van der Waals surface area contributed by atoms with Crippen molar-refractivity contribution in [3.05, 3.63) is 70.0 Å². The number of aryl methyl sites for hydroxylation is 1. The normalized spacial score (nSPS) is 15.4. The van der Waals surface area contributed by atoms with E-state index >= 15 is 0 Å². The van der Waals surface area contributed by atoms with Gasteiger partial charge in [-0.15, -0.1) is 0 Å². The first-order valence-corrected chi connectivity index (χ1v) is 13.2. The van der Waals surface area contributed by atoms with Gasteiger partial charge in [0.05, 0.1) is 16.8 Å². The maximum Gasteiger partial charge on any atom is 0.352 e. The van der Waals surface area contributed by atoms with Crippen LogP contribution in [0.1, 0.15) is 25.0 Å². The van der Waals surface area contributed by atoms with Crippen molar-refractivity contribution in [3.63, 3.8) is 0 Å². The number of benzene rings is 2. The molecule has 0 atom stereocenters. The zero-order chi connectivity index (χ0) is 24.0. The van der Waals surface area contributed by atoms with Gasteiger partial charge in [-0.2, -0.15) is 0 Å². The van der Waals surface area contributed by atoms with Crippen LogP contribution in [0.4, 0.5) is 0 Å². The zero-order valence-corrected chi connectivity index (χ0v) is 20.3. The molecule has 1 aliphatic heterocycles. The summed E-state index contributed by atoms with van der Waals surface area (Å²) in [6, 6.07) is 10.2. The van der Waals surface area contributed by atoms with Gasteiger partial charge in [-0.25, -0.2) is 17.9 Å². The molecule has 0 radical (unpaired) electrons. The molecule has 4 aromatic rings. The Morgan fingerprint density at radius 2 is 1.79 bits per heavy atom. The Morgan fingerprint density at radius 3 is 2.53 bits per heavy atom. The Labute approximate surface area is 201 Å². The largest absolute Gasteiger partial charge is 0.352 e. The Bertz CT molecular complexity index is 1560. The number of ketones is 1. The Balaban J connectivity index is 1.20. The molecule has 0 bridgehead atoms. The van der Waals surface area contributed by atoms with Gasteiger partial charge in [-0.05, 0) is 54.8 Å². The molecular weight excluding hydrogens is 476 g/mol. The van der Waals surface area contributed by atoms with Gasteiger partial charge >= 0.3 is 5.69 Å². The number of fused-ring (bicyclic) bond motifs is 2. The maximum atomic E-state index is 12.9. The van der Waals surface area contributed by atoms with Crippen LogP contribution in [-0.4, -0.2) is 47.1 Å². The van der Waals surface area contributed by atoms with Crippen molar-refractivity contribution < 1.29 is 13.2 Å². The summed E-state index contributed by atoms with van der Waals surface area (Å²) in [5.74, 6) is -0.452. The fourth-order valence-corrected chi connectivity index (χ4v) is 6.11. The lowest BCUT2D eigenvalue weighted by molar-refractivity contribution is -0.123. The van der Waals surface area contributed by atoms with E-state index in [-0.39, 0.29) is 34.5 Å². The lowest BCUT2D eigenvalue weighted by atomic mass is 9.92. The van der Waals surface area contributed by atoms with Gasteiger partial charge in [0.1, 0.15) is 11.4 Å². The highest BCUT2D eigenvalue weighted by molar-refractivity contribution is 7.91. The number of sulfone groups is 1. The number of aromatic amines is 1. The third kappa shape index (κ3) is 4.25. The summed E-state index contributed by atoms with van der Waals surface area (Å²) in [4.78, 5) is 28.8. The van der Waals surface area contributed by atoms with Crippen LogP contribution in [0, 0.1) is 12.8 Å². The molecule has 5 rings (SSSR count). The minimum Gasteiger partial charge on any atom is -0.342 e. The Morgan fingerprint density at radius 1 is 1.09 bits per heavy atom. The second-order valence-electron chi connectivity index (χ2n) is 8.86. The predicted molar refractivity (Wildman–Crippen MR) is 132 cm³/mol. The standard InChI is InChI=1S/C24H25ClN4O4S/c1-16-14-28-23(26-16)15-29(24(28)31)27-9-6-17(7-10-27)22(30)8-11-34(32,33)21-5-3-18-12-20(25)4-2-19(18)13-21/h2-5,12-15,17,26H,6-11H2,1H3. The van der Waals surface area contributed by atoms with Crippen molar-refractivity contribution >= 4 is 43.6 Å². The molecule has 2 aromatic carbocycles. The van der Waals surface area contributed by atoms with E-state index in [0.717, 1.165) is 22.1 Å². The summed E-state index contributed by atoms with van der Waals surface area (Å²) >= 11 is 6.00. The average molecular weight is 501 g/mol. The third-order valence-corrected chi connectivity index (χ3v) is 8.48. The number of carbonyl (C=O) groups is 1. The van der Waals surface area contributed by atoms with Crippen LogP contribution >= 0.6 is 11.6 Å². The minimum absolute atomic E-state index is 0.0138. The topological polar surface area (TPSA) is 96.7 Å². The molecule has 8 nitrogen and oxygen atoms in total. The molecule has 34 heavy (non-hydrogen) atoms. The van der Waals surface area contributed by atoms with Crippen molar-refractivity contribution in [3.8, 4) is 0 Å². The number of imidazole rings is 2. The zero-order valence-electron chi connectivity index (χ0n) is 18.7. The van der Waals surface area contributed by atoms with E-state index in [1.165, 1.54) is 0 Å². The number of nitrogens with zero attached hydrogens (tertiary/aromatic N) is 3. The van der Waals surface area contributed by atoms with E-state index in [4.69, 9.17) is 11.6 Å². The van der Waals surface area contributed by atoms with E-state index in [0.29, 0.717) is 31.0 Å². The molecule has 1 aliphatic rings. The molecule has 0 unspecified atom stereocenters. The summed E-state index contributed by atoms with van der Waals surface area (Å²) in [5, 5.41) is 4.18. The predicted octanol–water partition coefficient (Wildman–Crippen LogP) is 3.33. The van der Waals surface area contributed by atoms with Crippen LogP contribution in [0.15, 0.2) is 58.5 Å². The van der Waals surface area contributed by atoms with Crippen molar-refractivity contribution in [2.45, 2.75) is 31.1 Å². The van der Waals surface area contributed by atoms with Crippen LogP contribution in [0.25, 0.3) is 16.4 Å². The molecule has 10 heteroatoms. The number of carbonyl (C=O) groups excluding carboxylic acids is 1. The summed E-state index contributed by atoms with van der Waals surface area (Å²) in [5.41, 5.74) is 1.49. The number of Topliss-reactive ketones (excluding diaryl/α,β-unsaturated/α-hetero) is 1. The second kappa shape index (κ2) is 8.63. The van der Waals surface area contributed by atoms with Crippen LogP contribution in [0.2, 0.25) is 5.02 Å². The van der Waals surface area contributed by atoms with E-state index in [2.05, 4.69) is 4.98 Å². The van der Waals surface area contributed by atoms with Gasteiger partial charge in [-0.1, -0.05) is 23.7 Å². The summed E-state index contributed by atoms with van der Waals surface area (Å²) in [6.07, 6.45) is 4.69. The lowest BCUT2D eigenvalue weighted by Crippen LogP contribution is -2.47. The van der Waals surface area contributed by atoms with Gasteiger partial charge in [0.25, 0.3) is 0 Å². The Kier molecular flexibility index (Phi) is 5.77. The van der Waals surface area contributed by atoms with Gasteiger partial charge in [-0.3, -0.25) is 9.20 Å². The third-order valence-electron chi connectivity index (χ3n) is 6.54. The first-order valence-electron chi connectivity index (χ1n) is 11.2. The average Bonchev–Trinajstić information content (AvgIpc) is 3.34. The molecule has 1 N–H and O–H groups in total. The molecule has 0 saturated carbocycles. The number of nitrogens with one attached hydrogen (secondary N) is 1. The summed E-state index contributed by atoms with van der Waals surface area (Å²) < 4.78 is 28.9. The first-order chi connectivity index (χ1) is 16.2. The van der Waals surface area contributed by atoms with E-state index in [1.54, 1.807) is 57.9 Å². The molecule has 178 valence electrons. The minimum atomic E-state index is -3.58. The van der Waals surface area contributed by atoms with Crippen LogP contribution in [0.5, 0.6) is 0 Å². The summed E-state index contributed by atoms with van der Waals surface area (Å²) in [7, 11) is -3.58. The van der Waals surface area contributed by atoms with Crippen molar-refractivity contribution in [2.24, 2.45) is 5.92 Å². The number of rotatable bonds is 6. The van der Waals surface area contributed by atoms with Crippen LogP contribution < -0.4 is 10.7 Å². The number of piperidine rings is 1. The highest BCUT2D eigenvalue weighted by atomic mass is 35.5. The highest BCUT2D eigenvalue weighted by Crippen LogP contribution is 2.25. The molecule has 1 saturated heterocycles. The van der Waals surface area contributed by atoms with E-state index in [9.17, 15) is 18.0 Å². The molecule has 0 spiro atoms. The van der Waals surface area contributed by atoms with Gasteiger partial charge in [0, 0.05) is 42.3 Å². The highest BCUT2D eigenvalue weighted by Gasteiger charge is 2.27. The van der Waals surface area contributed by atoms with Crippen molar-refractivity contribution in [1.29, 1.82) is 0 Å². The van der Waals surface area contributed by atoms with Crippen LogP contribution in [0.3, 0.4) is 0 Å². The number of H-pyrrole nitrogens is 1. The maximum absolute atomic E-state index is 12.9. The second-order valence-corrected chi connectivity index (χ2v) is 11.4. The fourth-order valence-electron chi connectivity index (χ4n) is 4.64. The number of hydrogen-bond acceptors (Lipinski definition) is 5. The van der Waals surface area contributed by atoms with Gasteiger partial charge in [0.15, 0.2) is 9.84 Å². The fraction of sp³-hybridized carbons (Fsp3) is 0.333. The molecule has 0 amide bonds. The summed E-state index contributed by atoms with van der Waals surface area (Å²) in [6.45, 7) is 3.01. The lowest BCUT2D eigenvalue weighted by Gasteiger charge is -2.32. The molecule has 0 aliphatic carbocycles. The number of halogens is 1. The van der Waals surface area contributed by atoms with E-state index < -0.39 is 9.84 Å². The molecule has 3 heterocycles. The van der Waals surface area contributed by atoms with Crippen molar-refractivity contribution in [1.82, 2.24) is 14.1 Å². The SMILES string of the molecule is Cc1cn2c(=O)n(N3CCC(C(=O)CCS(=O)(=O)c4ccc5cc(Cl)ccc5c4)CC3)cc2[nH]1. The smallest absolute Gasteiger partial charge is 0.342 e.